The van der Waals surface area contributed by atoms with Gasteiger partial charge >= 0.3 is 0 Å². The first-order valence-electron chi connectivity index (χ1n) is 14.8. The molecule has 0 saturated carbocycles. The smallest absolute Gasteiger partial charge is 0.249 e. The molecule has 0 aromatic heterocycles. The standard InChI is InChI=1S/C29H42N8O3/c1-29(2)17-34(3)15-18-13-19(7-8-21(18)29)31-28-30-14-20-25(33-28)37-23-10-9-22-26(32-23)35(24(38)16-40-22)11-5-4-6-12-36(37)27(20)39/h4,6-8,13,20,22-23,25-26,28,30-33H,5,9-12,14-17H2,1-3H3/b6-4+. The first kappa shape index (κ1) is 26.4. The van der Waals surface area contributed by atoms with E-state index in [0.717, 1.165) is 38.0 Å². The molecular formula is C29H42N8O3. The van der Waals surface area contributed by atoms with E-state index in [0.29, 0.717) is 19.6 Å². The number of hydrogen-bond acceptors (Lipinski definition) is 9. The zero-order chi connectivity index (χ0) is 27.6. The van der Waals surface area contributed by atoms with Crippen molar-refractivity contribution in [2.75, 3.05) is 45.2 Å². The van der Waals surface area contributed by atoms with Crippen molar-refractivity contribution in [3.63, 3.8) is 0 Å². The van der Waals surface area contributed by atoms with Crippen LogP contribution in [0.25, 0.3) is 0 Å². The highest BCUT2D eigenvalue weighted by Crippen LogP contribution is 2.36. The first-order chi connectivity index (χ1) is 19.3. The van der Waals surface area contributed by atoms with Crippen LogP contribution >= 0.6 is 0 Å². The van der Waals surface area contributed by atoms with Crippen molar-refractivity contribution in [1.29, 1.82) is 0 Å². The van der Waals surface area contributed by atoms with Crippen molar-refractivity contribution in [3.05, 3.63) is 41.5 Å². The molecule has 216 valence electrons. The zero-order valence-corrected chi connectivity index (χ0v) is 23.7. The van der Waals surface area contributed by atoms with Crippen molar-refractivity contribution < 1.29 is 14.3 Å². The number of piperidine rings is 1. The SMILES string of the molecule is CN1Cc2cc(NC3NCC4C(=O)N5C/C=C/CCN6C(=O)COC7CCC(NC76)N5C4N3)ccc2C(C)(C)C1. The maximum atomic E-state index is 13.7. The molecule has 1 aromatic carbocycles. The second-order valence-electron chi connectivity index (χ2n) is 12.8. The van der Waals surface area contributed by atoms with Crippen LogP contribution in [0.4, 0.5) is 5.69 Å². The predicted octanol–water partition coefficient (Wildman–Crippen LogP) is 0.522. The maximum absolute atomic E-state index is 13.7. The van der Waals surface area contributed by atoms with E-state index in [1.807, 2.05) is 9.91 Å². The number of amides is 2. The number of nitrogens with one attached hydrogen (secondary N) is 4. The fourth-order valence-electron chi connectivity index (χ4n) is 7.76. The minimum Gasteiger partial charge on any atom is -0.365 e. The molecule has 11 nitrogen and oxygen atoms in total. The Labute approximate surface area is 236 Å². The average molecular weight is 551 g/mol. The Bertz CT molecular complexity index is 1210. The van der Waals surface area contributed by atoms with Crippen molar-refractivity contribution in [1.82, 2.24) is 35.8 Å². The molecule has 1 aromatic rings. The Hall–Kier alpha value is -2.54. The van der Waals surface area contributed by atoms with E-state index in [-0.39, 0.29) is 60.6 Å². The number of hydrazine groups is 1. The second-order valence-corrected chi connectivity index (χ2v) is 12.8. The van der Waals surface area contributed by atoms with E-state index in [2.05, 4.69) is 82.4 Å². The Balaban J connectivity index is 1.13. The summed E-state index contributed by atoms with van der Waals surface area (Å²) in [5.41, 5.74) is 3.94. The highest BCUT2D eigenvalue weighted by Gasteiger charge is 2.53. The largest absolute Gasteiger partial charge is 0.365 e. The number of likely N-dealkylation sites (N-methyl/N-ethyl adjacent to an activating group) is 1. The van der Waals surface area contributed by atoms with E-state index < -0.39 is 0 Å². The topological polar surface area (TPSA) is 104 Å². The number of hydrogen-bond donors (Lipinski definition) is 4. The number of morpholine rings is 1. The lowest BCUT2D eigenvalue weighted by atomic mass is 9.78. The van der Waals surface area contributed by atoms with Crippen molar-refractivity contribution in [2.45, 2.75) is 76.0 Å². The van der Waals surface area contributed by atoms with Gasteiger partial charge in [-0.05, 0) is 49.6 Å². The summed E-state index contributed by atoms with van der Waals surface area (Å²) in [7, 11) is 2.18. The molecule has 6 heterocycles. The van der Waals surface area contributed by atoms with E-state index in [1.165, 1.54) is 11.1 Å². The summed E-state index contributed by atoms with van der Waals surface area (Å²) in [5, 5.41) is 18.7. The van der Waals surface area contributed by atoms with Crippen LogP contribution in [0, 0.1) is 5.92 Å². The summed E-state index contributed by atoms with van der Waals surface area (Å²) in [4.78, 5) is 30.7. The van der Waals surface area contributed by atoms with Gasteiger partial charge in [0.05, 0.1) is 30.9 Å². The van der Waals surface area contributed by atoms with Crippen LogP contribution in [0.3, 0.4) is 0 Å². The molecule has 0 radical (unpaired) electrons. The average Bonchev–Trinajstić information content (AvgIpc) is 3.17. The van der Waals surface area contributed by atoms with Crippen molar-refractivity contribution >= 4 is 17.5 Å². The Morgan fingerprint density at radius 1 is 1.10 bits per heavy atom. The van der Waals surface area contributed by atoms with Gasteiger partial charge in [-0.15, -0.1) is 0 Å². The quantitative estimate of drug-likeness (QED) is 0.393. The van der Waals surface area contributed by atoms with Gasteiger partial charge in [-0.2, -0.15) is 5.01 Å². The summed E-state index contributed by atoms with van der Waals surface area (Å²) >= 11 is 0. The normalized spacial score (nSPS) is 36.8. The van der Waals surface area contributed by atoms with Crippen LogP contribution in [0.2, 0.25) is 0 Å². The number of ether oxygens (including phenoxy) is 1. The number of rotatable bonds is 2. The summed E-state index contributed by atoms with van der Waals surface area (Å²) < 4.78 is 5.92. The van der Waals surface area contributed by atoms with E-state index in [4.69, 9.17) is 4.74 Å². The Morgan fingerprint density at radius 3 is 2.85 bits per heavy atom. The maximum Gasteiger partial charge on any atom is 0.249 e. The third kappa shape index (κ3) is 4.53. The fourth-order valence-corrected chi connectivity index (χ4v) is 7.76. The minimum atomic E-state index is -0.202. The molecule has 4 N–H and O–H groups in total. The number of carbonyl (C=O) groups is 2. The molecule has 6 aliphatic heterocycles. The minimum absolute atomic E-state index is 0.0235. The van der Waals surface area contributed by atoms with Gasteiger partial charge in [0.25, 0.3) is 0 Å². The number of fused-ring (bicyclic) bond motifs is 6. The molecule has 6 aliphatic rings. The van der Waals surface area contributed by atoms with Crippen molar-refractivity contribution in [2.24, 2.45) is 5.92 Å². The summed E-state index contributed by atoms with van der Waals surface area (Å²) in [6, 6.07) is 6.70. The number of carbonyl (C=O) groups excluding carboxylic acids is 2. The fraction of sp³-hybridized carbons (Fsp3) is 0.655. The van der Waals surface area contributed by atoms with Crippen LogP contribution in [0.1, 0.15) is 44.2 Å². The monoisotopic (exact) mass is 550 g/mol. The number of nitrogens with zero attached hydrogens (tertiary/aromatic N) is 4. The van der Waals surface area contributed by atoms with Gasteiger partial charge in [-0.25, -0.2) is 0 Å². The van der Waals surface area contributed by atoms with Gasteiger partial charge in [-0.1, -0.05) is 32.1 Å². The summed E-state index contributed by atoms with van der Waals surface area (Å²) in [6.45, 7) is 8.51. The third-order valence-corrected chi connectivity index (χ3v) is 9.46. The first-order valence-corrected chi connectivity index (χ1v) is 14.8. The van der Waals surface area contributed by atoms with Gasteiger partial charge in [0.15, 0.2) is 0 Å². The number of anilines is 1. The molecule has 4 fully saturated rings. The van der Waals surface area contributed by atoms with Crippen LogP contribution in [-0.4, -0.2) is 102 Å². The van der Waals surface area contributed by atoms with Crippen molar-refractivity contribution in [3.8, 4) is 0 Å². The lowest BCUT2D eigenvalue weighted by Gasteiger charge is -2.50. The highest BCUT2D eigenvalue weighted by atomic mass is 16.5. The van der Waals surface area contributed by atoms with Gasteiger partial charge in [0, 0.05) is 37.3 Å². The summed E-state index contributed by atoms with van der Waals surface area (Å²) in [5.74, 6) is -0.0476. The molecule has 11 heteroatoms. The van der Waals surface area contributed by atoms with E-state index in [9.17, 15) is 9.59 Å². The third-order valence-electron chi connectivity index (χ3n) is 9.46. The molecule has 2 amide bonds. The molecule has 6 atom stereocenters. The van der Waals surface area contributed by atoms with Crippen LogP contribution in [-0.2, 0) is 26.3 Å². The Morgan fingerprint density at radius 2 is 1.98 bits per heavy atom. The molecule has 2 bridgehead atoms. The van der Waals surface area contributed by atoms with Gasteiger partial charge in [-0.3, -0.25) is 30.5 Å². The van der Waals surface area contributed by atoms with Gasteiger partial charge in [0.1, 0.15) is 19.1 Å². The summed E-state index contributed by atoms with van der Waals surface area (Å²) in [6.07, 6.45) is 5.93. The van der Waals surface area contributed by atoms with Crippen LogP contribution in [0.15, 0.2) is 30.4 Å². The van der Waals surface area contributed by atoms with Gasteiger partial charge < -0.3 is 19.9 Å². The number of benzene rings is 1. The van der Waals surface area contributed by atoms with E-state index >= 15 is 0 Å². The second kappa shape index (κ2) is 10.1. The molecular weight excluding hydrogens is 508 g/mol. The van der Waals surface area contributed by atoms with E-state index in [1.54, 1.807) is 0 Å². The Kier molecular flexibility index (Phi) is 6.64. The molecule has 40 heavy (non-hydrogen) atoms. The molecule has 7 rings (SSSR count). The lowest BCUT2D eigenvalue weighted by molar-refractivity contribution is -0.175. The predicted molar refractivity (Wildman–Crippen MR) is 150 cm³/mol. The lowest BCUT2D eigenvalue weighted by Crippen LogP contribution is -2.72. The zero-order valence-electron chi connectivity index (χ0n) is 23.7. The molecule has 0 spiro atoms. The van der Waals surface area contributed by atoms with Crippen LogP contribution in [0.5, 0.6) is 0 Å². The molecule has 4 saturated heterocycles. The highest BCUT2D eigenvalue weighted by molar-refractivity contribution is 5.82. The van der Waals surface area contributed by atoms with Gasteiger partial charge in [0.2, 0.25) is 11.8 Å². The molecule has 6 unspecified atom stereocenters. The molecule has 0 aliphatic carbocycles. The van der Waals surface area contributed by atoms with Crippen LogP contribution < -0.4 is 21.3 Å².